The summed E-state index contributed by atoms with van der Waals surface area (Å²) in [6.45, 7) is 5.71. The molecule has 3 nitrogen and oxygen atoms in total. The van der Waals surface area contributed by atoms with Crippen molar-refractivity contribution in [2.75, 3.05) is 0 Å². The summed E-state index contributed by atoms with van der Waals surface area (Å²) < 4.78 is 26.1. The minimum atomic E-state index is -0.954. The maximum absolute atomic E-state index is 13.2. The van der Waals surface area contributed by atoms with Crippen molar-refractivity contribution in [3.63, 3.8) is 0 Å². The van der Waals surface area contributed by atoms with Crippen molar-refractivity contribution in [2.24, 2.45) is 0 Å². The van der Waals surface area contributed by atoms with Crippen LogP contribution in [0.4, 0.5) is 8.78 Å². The van der Waals surface area contributed by atoms with Crippen LogP contribution in [0.25, 0.3) is 0 Å². The number of nitrogens with zero attached hydrogens (tertiary/aromatic N) is 1. The van der Waals surface area contributed by atoms with E-state index < -0.39 is 17.7 Å². The van der Waals surface area contributed by atoms with Gasteiger partial charge in [-0.25, -0.2) is 13.8 Å². The summed E-state index contributed by atoms with van der Waals surface area (Å²) in [6, 6.07) is 3.15. The maximum atomic E-state index is 13.2. The van der Waals surface area contributed by atoms with E-state index >= 15 is 0 Å². The molecule has 0 saturated carbocycles. The molecule has 1 heterocycles. The smallest absolute Gasteiger partial charge is 0.159 e. The molecular weight excluding hydrogens is 294 g/mol. The number of aliphatic hydroxyl groups is 1. The number of hydrogen-bond donors (Lipinski definition) is 2. The van der Waals surface area contributed by atoms with Gasteiger partial charge in [0.15, 0.2) is 11.6 Å². The van der Waals surface area contributed by atoms with E-state index in [1.165, 1.54) is 6.07 Å². The molecule has 114 valence electrons. The molecule has 0 bridgehead atoms. The highest BCUT2D eigenvalue weighted by atomic mass is 32.1. The lowest BCUT2D eigenvalue weighted by Gasteiger charge is -2.24. The second-order valence-corrected chi connectivity index (χ2v) is 6.34. The standard InChI is InChI=1S/C15H18F2N2OS/c1-8(14-7-18-10(3)21-14)19-9(2)15(20)11-4-5-12(16)13(17)6-11/h4-9,15,19-20H,1-3H3. The lowest BCUT2D eigenvalue weighted by atomic mass is 10.0. The van der Waals surface area contributed by atoms with E-state index in [0.29, 0.717) is 5.56 Å². The van der Waals surface area contributed by atoms with Crippen LogP contribution in [-0.2, 0) is 0 Å². The molecule has 2 aromatic rings. The number of thiazole rings is 1. The first-order valence-corrected chi connectivity index (χ1v) is 7.51. The summed E-state index contributed by atoms with van der Waals surface area (Å²) in [4.78, 5) is 5.26. The first kappa shape index (κ1) is 16.0. The Labute approximate surface area is 126 Å². The fraction of sp³-hybridized carbons (Fsp3) is 0.400. The molecule has 0 saturated heterocycles. The van der Waals surface area contributed by atoms with E-state index in [4.69, 9.17) is 0 Å². The van der Waals surface area contributed by atoms with Crippen molar-refractivity contribution < 1.29 is 13.9 Å². The van der Waals surface area contributed by atoms with Crippen molar-refractivity contribution in [2.45, 2.75) is 39.0 Å². The van der Waals surface area contributed by atoms with E-state index in [1.54, 1.807) is 24.5 Å². The van der Waals surface area contributed by atoms with Crippen LogP contribution in [0.3, 0.4) is 0 Å². The Kier molecular flexibility index (Phi) is 5.03. The highest BCUT2D eigenvalue weighted by Gasteiger charge is 2.20. The zero-order chi connectivity index (χ0) is 15.6. The number of nitrogens with one attached hydrogen (secondary N) is 1. The molecule has 0 aliphatic heterocycles. The number of halogens is 2. The van der Waals surface area contributed by atoms with Crippen LogP contribution in [-0.4, -0.2) is 16.1 Å². The fourth-order valence-electron chi connectivity index (χ4n) is 2.13. The largest absolute Gasteiger partial charge is 0.387 e. The third-order valence-electron chi connectivity index (χ3n) is 3.34. The van der Waals surface area contributed by atoms with E-state index in [1.807, 2.05) is 13.8 Å². The molecule has 21 heavy (non-hydrogen) atoms. The third-order valence-corrected chi connectivity index (χ3v) is 4.43. The van der Waals surface area contributed by atoms with Gasteiger partial charge in [-0.3, -0.25) is 0 Å². The number of benzene rings is 1. The molecule has 1 aromatic carbocycles. The summed E-state index contributed by atoms with van der Waals surface area (Å²) >= 11 is 1.58. The predicted octanol–water partition coefficient (Wildman–Crippen LogP) is 3.50. The van der Waals surface area contributed by atoms with Gasteiger partial charge in [-0.2, -0.15) is 0 Å². The maximum Gasteiger partial charge on any atom is 0.159 e. The van der Waals surface area contributed by atoms with E-state index in [0.717, 1.165) is 22.0 Å². The van der Waals surface area contributed by atoms with Crippen molar-refractivity contribution >= 4 is 11.3 Å². The summed E-state index contributed by atoms with van der Waals surface area (Å²) in [5, 5.41) is 14.5. The normalized spacial score (nSPS) is 15.7. The van der Waals surface area contributed by atoms with Crippen molar-refractivity contribution in [1.82, 2.24) is 10.3 Å². The van der Waals surface area contributed by atoms with Gasteiger partial charge >= 0.3 is 0 Å². The van der Waals surface area contributed by atoms with Crippen LogP contribution in [0, 0.1) is 18.6 Å². The number of aliphatic hydroxyl groups excluding tert-OH is 1. The van der Waals surface area contributed by atoms with Gasteiger partial charge in [0.1, 0.15) is 0 Å². The number of aryl methyl sites for hydroxylation is 1. The molecule has 3 atom stereocenters. The number of rotatable bonds is 5. The topological polar surface area (TPSA) is 45.2 Å². The van der Waals surface area contributed by atoms with Crippen molar-refractivity contribution in [3.05, 3.63) is 51.5 Å². The van der Waals surface area contributed by atoms with Gasteiger partial charge in [-0.1, -0.05) is 6.07 Å². The molecule has 2 rings (SSSR count). The Morgan fingerprint density at radius 2 is 1.95 bits per heavy atom. The van der Waals surface area contributed by atoms with Crippen LogP contribution in [0.5, 0.6) is 0 Å². The highest BCUT2D eigenvalue weighted by molar-refractivity contribution is 7.11. The van der Waals surface area contributed by atoms with Crippen molar-refractivity contribution in [3.8, 4) is 0 Å². The molecule has 1 aromatic heterocycles. The molecular formula is C15H18F2N2OS. The Balaban J connectivity index is 2.05. The van der Waals surface area contributed by atoms with Crippen molar-refractivity contribution in [1.29, 1.82) is 0 Å². The van der Waals surface area contributed by atoms with Gasteiger partial charge < -0.3 is 10.4 Å². The molecule has 2 N–H and O–H groups in total. The molecule has 0 radical (unpaired) electrons. The lowest BCUT2D eigenvalue weighted by Crippen LogP contribution is -2.34. The van der Waals surface area contributed by atoms with Crippen LogP contribution >= 0.6 is 11.3 Å². The Morgan fingerprint density at radius 1 is 1.24 bits per heavy atom. The zero-order valence-electron chi connectivity index (χ0n) is 12.1. The molecule has 6 heteroatoms. The first-order chi connectivity index (χ1) is 9.88. The average molecular weight is 312 g/mol. The Morgan fingerprint density at radius 3 is 2.52 bits per heavy atom. The highest BCUT2D eigenvalue weighted by Crippen LogP contribution is 2.24. The van der Waals surface area contributed by atoms with Gasteiger partial charge in [-0.15, -0.1) is 11.3 Å². The van der Waals surface area contributed by atoms with Gasteiger partial charge in [0.2, 0.25) is 0 Å². The minimum absolute atomic E-state index is 0.0196. The SMILES string of the molecule is Cc1ncc(C(C)NC(C)C(O)c2ccc(F)c(F)c2)s1. The third kappa shape index (κ3) is 3.84. The summed E-state index contributed by atoms with van der Waals surface area (Å²) in [5.74, 6) is -1.87. The molecule has 3 unspecified atom stereocenters. The second kappa shape index (κ2) is 6.60. The van der Waals surface area contributed by atoms with Gasteiger partial charge in [0.05, 0.1) is 11.1 Å². The van der Waals surface area contributed by atoms with Gasteiger partial charge in [0.25, 0.3) is 0 Å². The van der Waals surface area contributed by atoms with Gasteiger partial charge in [0, 0.05) is 23.2 Å². The summed E-state index contributed by atoms with van der Waals surface area (Å²) in [7, 11) is 0. The molecule has 0 amide bonds. The van der Waals surface area contributed by atoms with E-state index in [9.17, 15) is 13.9 Å². The first-order valence-electron chi connectivity index (χ1n) is 6.70. The Bertz CT molecular complexity index is 617. The van der Waals surface area contributed by atoms with E-state index in [-0.39, 0.29) is 12.1 Å². The number of aromatic nitrogens is 1. The lowest BCUT2D eigenvalue weighted by molar-refractivity contribution is 0.130. The Hall–Kier alpha value is -1.37. The average Bonchev–Trinajstić information content (AvgIpc) is 2.87. The number of hydrogen-bond acceptors (Lipinski definition) is 4. The molecule has 0 aliphatic carbocycles. The molecule has 0 spiro atoms. The molecule has 0 aliphatic rings. The van der Waals surface area contributed by atoms with Crippen LogP contribution in [0.15, 0.2) is 24.4 Å². The molecule has 0 fully saturated rings. The summed E-state index contributed by atoms with van der Waals surface area (Å²) in [5.41, 5.74) is 0.349. The fourth-order valence-corrected chi connectivity index (χ4v) is 2.93. The summed E-state index contributed by atoms with van der Waals surface area (Å²) in [6.07, 6.45) is 0.880. The minimum Gasteiger partial charge on any atom is -0.387 e. The predicted molar refractivity (Wildman–Crippen MR) is 79.2 cm³/mol. The zero-order valence-corrected chi connectivity index (χ0v) is 12.9. The quantitative estimate of drug-likeness (QED) is 0.888. The monoisotopic (exact) mass is 312 g/mol. The van der Waals surface area contributed by atoms with Crippen LogP contribution < -0.4 is 5.32 Å². The van der Waals surface area contributed by atoms with Crippen LogP contribution in [0.2, 0.25) is 0 Å². The van der Waals surface area contributed by atoms with Gasteiger partial charge in [-0.05, 0) is 38.5 Å². The second-order valence-electron chi connectivity index (χ2n) is 5.08. The van der Waals surface area contributed by atoms with Crippen LogP contribution in [0.1, 0.15) is 41.4 Å². The van der Waals surface area contributed by atoms with E-state index in [2.05, 4.69) is 10.3 Å².